The zero-order chi connectivity index (χ0) is 12.8. The summed E-state index contributed by atoms with van der Waals surface area (Å²) in [4.78, 5) is 17.2. The summed E-state index contributed by atoms with van der Waals surface area (Å²) in [5, 5.41) is 8.29. The second-order valence-corrected chi connectivity index (χ2v) is 5.62. The molecule has 0 aliphatic rings. The normalized spacial score (nSPS) is 9.78. The van der Waals surface area contributed by atoms with Crippen LogP contribution in [-0.4, -0.2) is 5.91 Å². The van der Waals surface area contributed by atoms with Crippen LogP contribution in [0.4, 0.5) is 0 Å². The average molecular weight is 278 g/mol. The van der Waals surface area contributed by atoms with Crippen LogP contribution >= 0.6 is 22.7 Å². The maximum Gasteiger partial charge on any atom is 0.261 e. The van der Waals surface area contributed by atoms with E-state index in [4.69, 9.17) is 5.53 Å². The molecule has 1 amide bonds. The van der Waals surface area contributed by atoms with Crippen LogP contribution < -0.4 is 5.32 Å². The number of amides is 1. The van der Waals surface area contributed by atoms with Gasteiger partial charge < -0.3 is 5.32 Å². The summed E-state index contributed by atoms with van der Waals surface area (Å²) < 4.78 is 0. The molecule has 0 atom stereocenters. The van der Waals surface area contributed by atoms with Gasteiger partial charge in [-0.25, -0.2) is 0 Å². The lowest BCUT2D eigenvalue weighted by Gasteiger charge is -2.00. The highest BCUT2D eigenvalue weighted by Gasteiger charge is 2.08. The van der Waals surface area contributed by atoms with Crippen LogP contribution in [0.2, 0.25) is 0 Å². The molecule has 18 heavy (non-hydrogen) atoms. The van der Waals surface area contributed by atoms with E-state index in [0.717, 1.165) is 9.75 Å². The second-order valence-electron chi connectivity index (χ2n) is 3.42. The van der Waals surface area contributed by atoms with Crippen LogP contribution in [-0.2, 0) is 13.1 Å². The zero-order valence-electron chi connectivity index (χ0n) is 9.37. The molecule has 5 nitrogen and oxygen atoms in total. The lowest BCUT2D eigenvalue weighted by atomic mass is 10.4. The van der Waals surface area contributed by atoms with Crippen LogP contribution in [0.3, 0.4) is 0 Å². The van der Waals surface area contributed by atoms with Crippen LogP contribution in [0.1, 0.15) is 19.4 Å². The molecule has 0 spiro atoms. The van der Waals surface area contributed by atoms with Crippen LogP contribution in [0.25, 0.3) is 10.4 Å². The van der Waals surface area contributed by atoms with Crippen LogP contribution in [0.15, 0.2) is 34.8 Å². The van der Waals surface area contributed by atoms with Crippen molar-refractivity contribution in [2.45, 2.75) is 13.1 Å². The molecule has 0 aliphatic heterocycles. The molecule has 0 saturated heterocycles. The highest BCUT2D eigenvalue weighted by atomic mass is 32.1. The van der Waals surface area contributed by atoms with Gasteiger partial charge in [-0.1, -0.05) is 11.2 Å². The van der Waals surface area contributed by atoms with Crippen LogP contribution in [0.5, 0.6) is 0 Å². The summed E-state index contributed by atoms with van der Waals surface area (Å²) in [5.41, 5.74) is 8.22. The summed E-state index contributed by atoms with van der Waals surface area (Å²) in [6.07, 6.45) is 0. The SMILES string of the molecule is [N-]=[N+]=NCc1ccc(C(=O)NCc2cccs2)s1. The number of carbonyl (C=O) groups is 1. The predicted octanol–water partition coefficient (Wildman–Crippen LogP) is 3.55. The van der Waals surface area contributed by atoms with Gasteiger partial charge in [0.05, 0.1) is 18.0 Å². The van der Waals surface area contributed by atoms with E-state index in [2.05, 4.69) is 15.3 Å². The molecule has 2 aromatic heterocycles. The molecule has 0 bridgehead atoms. The van der Waals surface area contributed by atoms with E-state index in [-0.39, 0.29) is 5.91 Å². The number of rotatable bonds is 5. The smallest absolute Gasteiger partial charge is 0.261 e. The maximum absolute atomic E-state index is 11.8. The van der Waals surface area contributed by atoms with Crippen molar-refractivity contribution in [2.24, 2.45) is 5.11 Å². The van der Waals surface area contributed by atoms with Crippen molar-refractivity contribution >= 4 is 28.6 Å². The minimum Gasteiger partial charge on any atom is -0.346 e. The van der Waals surface area contributed by atoms with Gasteiger partial charge in [0.25, 0.3) is 5.91 Å². The van der Waals surface area contributed by atoms with Gasteiger partial charge in [-0.3, -0.25) is 4.79 Å². The second kappa shape index (κ2) is 6.20. The third kappa shape index (κ3) is 3.33. The zero-order valence-corrected chi connectivity index (χ0v) is 11.0. The maximum atomic E-state index is 11.8. The van der Waals surface area contributed by atoms with Crippen molar-refractivity contribution in [1.29, 1.82) is 0 Å². The highest BCUT2D eigenvalue weighted by molar-refractivity contribution is 7.14. The Kier molecular flexibility index (Phi) is 4.35. The lowest BCUT2D eigenvalue weighted by Crippen LogP contribution is -2.21. The fraction of sp³-hybridized carbons (Fsp3) is 0.182. The molecule has 0 fully saturated rings. The monoisotopic (exact) mass is 278 g/mol. The van der Waals surface area contributed by atoms with Gasteiger partial charge in [-0.05, 0) is 29.1 Å². The van der Waals surface area contributed by atoms with E-state index in [1.165, 1.54) is 11.3 Å². The van der Waals surface area contributed by atoms with Gasteiger partial charge in [0.15, 0.2) is 0 Å². The molecule has 0 radical (unpaired) electrons. The van der Waals surface area contributed by atoms with E-state index < -0.39 is 0 Å². The first kappa shape index (κ1) is 12.6. The van der Waals surface area contributed by atoms with Gasteiger partial charge in [-0.2, -0.15) is 0 Å². The van der Waals surface area contributed by atoms with Crippen molar-refractivity contribution in [1.82, 2.24) is 5.32 Å². The molecule has 2 rings (SSSR count). The van der Waals surface area contributed by atoms with E-state index in [0.29, 0.717) is 18.0 Å². The Balaban J connectivity index is 1.92. The molecular weight excluding hydrogens is 268 g/mol. The number of hydrogen-bond acceptors (Lipinski definition) is 4. The van der Waals surface area contributed by atoms with E-state index in [1.54, 1.807) is 23.5 Å². The van der Waals surface area contributed by atoms with Crippen molar-refractivity contribution in [3.63, 3.8) is 0 Å². The Morgan fingerprint density at radius 3 is 3.00 bits per heavy atom. The van der Waals surface area contributed by atoms with Crippen molar-refractivity contribution in [3.05, 3.63) is 54.7 Å². The number of nitrogens with zero attached hydrogens (tertiary/aromatic N) is 3. The molecule has 7 heteroatoms. The topological polar surface area (TPSA) is 77.9 Å². The molecule has 92 valence electrons. The summed E-state index contributed by atoms with van der Waals surface area (Å²) in [7, 11) is 0. The molecule has 2 aromatic rings. The number of thiophene rings is 2. The van der Waals surface area contributed by atoms with Gasteiger partial charge in [0.2, 0.25) is 0 Å². The highest BCUT2D eigenvalue weighted by Crippen LogP contribution is 2.17. The molecule has 1 N–H and O–H groups in total. The Morgan fingerprint density at radius 2 is 2.28 bits per heavy atom. The third-order valence-electron chi connectivity index (χ3n) is 2.18. The first-order valence-corrected chi connectivity index (χ1v) is 6.89. The third-order valence-corrected chi connectivity index (χ3v) is 4.12. The lowest BCUT2D eigenvalue weighted by molar-refractivity contribution is 0.0955. The van der Waals surface area contributed by atoms with Gasteiger partial charge in [0.1, 0.15) is 0 Å². The Bertz CT molecular complexity index is 570. The minimum atomic E-state index is -0.0967. The van der Waals surface area contributed by atoms with Gasteiger partial charge >= 0.3 is 0 Å². The van der Waals surface area contributed by atoms with E-state index in [9.17, 15) is 4.79 Å². The van der Waals surface area contributed by atoms with Crippen molar-refractivity contribution in [3.8, 4) is 0 Å². The molecular formula is C11H10N4OS2. The Labute approximate surface area is 112 Å². The Hall–Kier alpha value is -1.82. The first-order chi connectivity index (χ1) is 8.79. The average Bonchev–Trinajstić information content (AvgIpc) is 3.04. The fourth-order valence-corrected chi connectivity index (χ4v) is 2.84. The summed E-state index contributed by atoms with van der Waals surface area (Å²) in [6, 6.07) is 7.48. The minimum absolute atomic E-state index is 0.0967. The Morgan fingerprint density at radius 1 is 1.39 bits per heavy atom. The number of carbonyl (C=O) groups excluding carboxylic acids is 1. The molecule has 0 aromatic carbocycles. The first-order valence-electron chi connectivity index (χ1n) is 5.20. The molecule has 2 heterocycles. The summed E-state index contributed by atoms with van der Waals surface area (Å²) in [6.45, 7) is 0.833. The van der Waals surface area contributed by atoms with E-state index in [1.807, 2.05) is 17.5 Å². The number of nitrogens with one attached hydrogen (secondary N) is 1. The summed E-state index contributed by atoms with van der Waals surface area (Å²) >= 11 is 2.95. The molecule has 0 unspecified atom stereocenters. The van der Waals surface area contributed by atoms with E-state index >= 15 is 0 Å². The molecule has 0 aliphatic carbocycles. The van der Waals surface area contributed by atoms with Crippen molar-refractivity contribution in [2.75, 3.05) is 0 Å². The molecule has 0 saturated carbocycles. The number of hydrogen-bond donors (Lipinski definition) is 1. The quantitative estimate of drug-likeness (QED) is 0.506. The van der Waals surface area contributed by atoms with Crippen molar-refractivity contribution < 1.29 is 4.79 Å². The number of azide groups is 1. The fourth-order valence-electron chi connectivity index (χ4n) is 1.35. The van der Waals surface area contributed by atoms with Crippen LogP contribution in [0, 0.1) is 0 Å². The standard InChI is InChI=1S/C11H10N4OS2/c12-15-14-7-9-3-4-10(18-9)11(16)13-6-8-2-1-5-17-8/h1-5H,6-7H2,(H,13,16). The van der Waals surface area contributed by atoms with Gasteiger partial charge in [-0.15, -0.1) is 22.7 Å². The summed E-state index contributed by atoms with van der Waals surface area (Å²) in [5.74, 6) is -0.0967. The van der Waals surface area contributed by atoms with Gasteiger partial charge in [0, 0.05) is 14.7 Å². The predicted molar refractivity (Wildman–Crippen MR) is 72.7 cm³/mol. The largest absolute Gasteiger partial charge is 0.346 e.